The number of hydrogen-bond acceptors (Lipinski definition) is 3. The average Bonchev–Trinajstić information content (AvgIpc) is 2.51. The largest absolute Gasteiger partial charge is 0.508 e. The number of thioether (sulfide) groups is 1. The van der Waals surface area contributed by atoms with E-state index < -0.39 is 0 Å². The van der Waals surface area contributed by atoms with Crippen molar-refractivity contribution in [3.8, 4) is 5.75 Å². The first-order valence-electron chi connectivity index (χ1n) is 7.78. The van der Waals surface area contributed by atoms with Gasteiger partial charge in [-0.05, 0) is 41.7 Å². The number of rotatable bonds is 4. The number of phenols is 1. The Kier molecular flexibility index (Phi) is 4.62. The molecule has 1 atom stereocenters. The molecule has 2 aromatic rings. The van der Waals surface area contributed by atoms with Crippen molar-refractivity contribution in [1.82, 2.24) is 0 Å². The van der Waals surface area contributed by atoms with Gasteiger partial charge in [-0.25, -0.2) is 4.39 Å². The van der Waals surface area contributed by atoms with E-state index in [-0.39, 0.29) is 11.7 Å². The third-order valence-corrected chi connectivity index (χ3v) is 4.93. The van der Waals surface area contributed by atoms with Crippen molar-refractivity contribution in [2.75, 3.05) is 10.7 Å². The first kappa shape index (κ1) is 15.9. The second kappa shape index (κ2) is 6.67. The van der Waals surface area contributed by atoms with Crippen molar-refractivity contribution in [3.05, 3.63) is 70.5 Å². The fraction of sp³-hybridized carbons (Fsp3) is 0.263. The van der Waals surface area contributed by atoms with Crippen LogP contribution in [0.5, 0.6) is 5.75 Å². The maximum atomic E-state index is 13.5. The highest BCUT2D eigenvalue weighted by atomic mass is 32.2. The zero-order chi connectivity index (χ0) is 16.4. The second-order valence-electron chi connectivity index (χ2n) is 5.65. The SMILES string of the molecule is CCSC1=CC(C)c2c(O)cccc2N1Cc1cccc(F)c1. The van der Waals surface area contributed by atoms with Gasteiger partial charge in [0.1, 0.15) is 11.6 Å². The van der Waals surface area contributed by atoms with Crippen molar-refractivity contribution in [2.45, 2.75) is 26.3 Å². The predicted octanol–water partition coefficient (Wildman–Crippen LogP) is 5.25. The number of aromatic hydroxyl groups is 1. The lowest BCUT2D eigenvalue weighted by atomic mass is 9.94. The minimum Gasteiger partial charge on any atom is -0.508 e. The number of fused-ring (bicyclic) bond motifs is 1. The Morgan fingerprint density at radius 2 is 2.00 bits per heavy atom. The molecule has 1 unspecified atom stereocenters. The summed E-state index contributed by atoms with van der Waals surface area (Å²) in [6.07, 6.45) is 2.18. The molecule has 1 N–H and O–H groups in total. The molecule has 0 bridgehead atoms. The van der Waals surface area contributed by atoms with Crippen LogP contribution >= 0.6 is 11.8 Å². The Balaban J connectivity index is 2.03. The van der Waals surface area contributed by atoms with E-state index in [4.69, 9.17) is 0 Å². The molecule has 0 saturated heterocycles. The molecule has 0 saturated carbocycles. The zero-order valence-electron chi connectivity index (χ0n) is 13.3. The molecule has 1 aliphatic rings. The first-order chi connectivity index (χ1) is 11.1. The number of nitrogens with zero attached hydrogens (tertiary/aromatic N) is 1. The van der Waals surface area contributed by atoms with E-state index in [1.807, 2.05) is 18.2 Å². The van der Waals surface area contributed by atoms with Crippen LogP contribution in [0.4, 0.5) is 10.1 Å². The van der Waals surface area contributed by atoms with E-state index in [1.54, 1.807) is 30.0 Å². The summed E-state index contributed by atoms with van der Waals surface area (Å²) in [5.41, 5.74) is 2.85. The molecule has 0 spiro atoms. The third kappa shape index (κ3) is 3.22. The summed E-state index contributed by atoms with van der Waals surface area (Å²) < 4.78 is 13.5. The Hall–Kier alpha value is -1.94. The van der Waals surface area contributed by atoms with Gasteiger partial charge in [0.2, 0.25) is 0 Å². The van der Waals surface area contributed by atoms with Gasteiger partial charge in [-0.15, -0.1) is 11.8 Å². The van der Waals surface area contributed by atoms with Crippen LogP contribution in [0.3, 0.4) is 0 Å². The number of hydrogen-bond donors (Lipinski definition) is 1. The third-order valence-electron chi connectivity index (χ3n) is 3.99. The van der Waals surface area contributed by atoms with E-state index in [0.717, 1.165) is 27.6 Å². The van der Waals surface area contributed by atoms with E-state index in [9.17, 15) is 9.50 Å². The van der Waals surface area contributed by atoms with Crippen molar-refractivity contribution >= 4 is 17.4 Å². The van der Waals surface area contributed by atoms with Gasteiger partial charge in [0.15, 0.2) is 0 Å². The average molecular weight is 329 g/mol. The van der Waals surface area contributed by atoms with Gasteiger partial charge < -0.3 is 10.0 Å². The van der Waals surface area contributed by atoms with Gasteiger partial charge in [-0.3, -0.25) is 0 Å². The van der Waals surface area contributed by atoms with Crippen LogP contribution in [0, 0.1) is 5.82 Å². The smallest absolute Gasteiger partial charge is 0.123 e. The molecule has 4 heteroatoms. The molecular formula is C19H20FNOS. The number of halogens is 1. The van der Waals surface area contributed by atoms with E-state index in [1.165, 1.54) is 6.07 Å². The maximum absolute atomic E-state index is 13.5. The highest BCUT2D eigenvalue weighted by molar-refractivity contribution is 8.03. The molecule has 3 rings (SSSR count). The number of benzene rings is 2. The summed E-state index contributed by atoms with van der Waals surface area (Å²) in [4.78, 5) is 2.16. The summed E-state index contributed by atoms with van der Waals surface area (Å²) >= 11 is 1.77. The molecule has 2 nitrogen and oxygen atoms in total. The molecule has 120 valence electrons. The predicted molar refractivity (Wildman–Crippen MR) is 95.3 cm³/mol. The topological polar surface area (TPSA) is 23.5 Å². The lowest BCUT2D eigenvalue weighted by molar-refractivity contribution is 0.466. The zero-order valence-corrected chi connectivity index (χ0v) is 14.1. The van der Waals surface area contributed by atoms with Crippen molar-refractivity contribution < 1.29 is 9.50 Å². The molecule has 1 heterocycles. The van der Waals surface area contributed by atoms with E-state index >= 15 is 0 Å². The molecule has 2 aromatic carbocycles. The van der Waals surface area contributed by atoms with Crippen LogP contribution in [0.2, 0.25) is 0 Å². The van der Waals surface area contributed by atoms with Gasteiger partial charge in [0.05, 0.1) is 5.03 Å². The summed E-state index contributed by atoms with van der Waals surface area (Å²) in [7, 11) is 0. The highest BCUT2D eigenvalue weighted by Crippen LogP contribution is 2.44. The Morgan fingerprint density at radius 1 is 1.22 bits per heavy atom. The summed E-state index contributed by atoms with van der Waals surface area (Å²) in [6, 6.07) is 12.3. The van der Waals surface area contributed by atoms with Crippen molar-refractivity contribution in [2.24, 2.45) is 0 Å². The highest BCUT2D eigenvalue weighted by Gasteiger charge is 2.26. The van der Waals surface area contributed by atoms with Crippen LogP contribution in [0.15, 0.2) is 53.6 Å². The van der Waals surface area contributed by atoms with Crippen LogP contribution in [-0.4, -0.2) is 10.9 Å². The minimum atomic E-state index is -0.224. The molecule has 23 heavy (non-hydrogen) atoms. The minimum absolute atomic E-state index is 0.156. The fourth-order valence-electron chi connectivity index (χ4n) is 3.00. The first-order valence-corrected chi connectivity index (χ1v) is 8.77. The Morgan fingerprint density at radius 3 is 2.74 bits per heavy atom. The summed E-state index contributed by atoms with van der Waals surface area (Å²) in [5, 5.41) is 11.4. The quantitative estimate of drug-likeness (QED) is 0.829. The standard InChI is InChI=1S/C19H20FNOS/c1-3-23-18-10-13(2)19-16(8-5-9-17(19)22)21(18)12-14-6-4-7-15(20)11-14/h4-11,13,22H,3,12H2,1-2H3. The fourth-order valence-corrected chi connectivity index (χ4v) is 3.92. The monoisotopic (exact) mass is 329 g/mol. The van der Waals surface area contributed by atoms with Crippen LogP contribution in [-0.2, 0) is 6.54 Å². The number of allylic oxidation sites excluding steroid dienone is 1. The normalized spacial score (nSPS) is 16.9. The van der Waals surface area contributed by atoms with E-state index in [2.05, 4.69) is 24.8 Å². The second-order valence-corrected chi connectivity index (χ2v) is 6.94. The molecule has 0 fully saturated rings. The van der Waals surface area contributed by atoms with Crippen LogP contribution in [0.25, 0.3) is 0 Å². The maximum Gasteiger partial charge on any atom is 0.123 e. The van der Waals surface area contributed by atoms with Crippen LogP contribution in [0.1, 0.15) is 30.9 Å². The van der Waals surface area contributed by atoms with Gasteiger partial charge >= 0.3 is 0 Å². The Labute approximate surface area is 140 Å². The van der Waals surface area contributed by atoms with Crippen molar-refractivity contribution in [1.29, 1.82) is 0 Å². The molecule has 0 radical (unpaired) electrons. The Bertz CT molecular complexity index is 744. The van der Waals surface area contributed by atoms with E-state index in [0.29, 0.717) is 12.3 Å². The molecular weight excluding hydrogens is 309 g/mol. The van der Waals surface area contributed by atoms with Gasteiger partial charge in [-0.1, -0.05) is 32.0 Å². The molecule has 0 amide bonds. The molecule has 0 aliphatic carbocycles. The number of phenolic OH excluding ortho intramolecular Hbond substituents is 1. The van der Waals surface area contributed by atoms with Gasteiger partial charge in [-0.2, -0.15) is 0 Å². The van der Waals surface area contributed by atoms with Crippen LogP contribution < -0.4 is 4.90 Å². The summed E-state index contributed by atoms with van der Waals surface area (Å²) in [5.74, 6) is 1.21. The van der Waals surface area contributed by atoms with Gasteiger partial charge in [0.25, 0.3) is 0 Å². The lowest BCUT2D eigenvalue weighted by Crippen LogP contribution is -2.25. The molecule has 1 aliphatic heterocycles. The lowest BCUT2D eigenvalue weighted by Gasteiger charge is -2.35. The van der Waals surface area contributed by atoms with Gasteiger partial charge in [0, 0.05) is 23.7 Å². The summed E-state index contributed by atoms with van der Waals surface area (Å²) in [6.45, 7) is 4.79. The van der Waals surface area contributed by atoms with Crippen molar-refractivity contribution in [3.63, 3.8) is 0 Å². The molecule has 0 aromatic heterocycles. The number of anilines is 1.